The van der Waals surface area contributed by atoms with Crippen LogP contribution in [-0.2, 0) is 14.3 Å². The van der Waals surface area contributed by atoms with Gasteiger partial charge in [0, 0.05) is 10.2 Å². The number of halogens is 3. The first-order chi connectivity index (χ1) is 8.99. The Labute approximate surface area is 131 Å². The number of nitrogen functional groups attached to an aromatic ring is 1. The van der Waals surface area contributed by atoms with E-state index >= 15 is 0 Å². The number of nitrogens with two attached hydrogens (primary N) is 1. The van der Waals surface area contributed by atoms with Crippen LogP contribution in [0, 0.1) is 0 Å². The molecule has 0 saturated carbocycles. The summed E-state index contributed by atoms with van der Waals surface area (Å²) in [6.07, 6.45) is -0.264. The second kappa shape index (κ2) is 12.8. The molecule has 0 saturated heterocycles. The van der Waals surface area contributed by atoms with Crippen molar-refractivity contribution in [1.82, 2.24) is 0 Å². The highest BCUT2D eigenvalue weighted by Gasteiger charge is 2.04. The van der Waals surface area contributed by atoms with Crippen LogP contribution in [-0.4, -0.2) is 25.0 Å². The molecule has 0 spiro atoms. The molecular formula is C12H17BrClFN2O3. The van der Waals surface area contributed by atoms with Gasteiger partial charge in [-0.1, -0.05) is 22.0 Å². The average Bonchev–Trinajstić information content (AvgIpc) is 2.36. The minimum atomic E-state index is -0.705. The minimum Gasteiger partial charge on any atom is -0.463 e. The van der Waals surface area contributed by atoms with E-state index in [2.05, 4.69) is 26.1 Å². The van der Waals surface area contributed by atoms with Crippen molar-refractivity contribution in [2.24, 2.45) is 5.84 Å². The molecule has 1 rings (SSSR count). The number of carbonyl (C=O) groups is 2. The molecule has 0 aliphatic carbocycles. The minimum absolute atomic E-state index is 0. The van der Waals surface area contributed by atoms with Crippen molar-refractivity contribution in [3.63, 3.8) is 0 Å². The van der Waals surface area contributed by atoms with Crippen LogP contribution < -0.4 is 11.3 Å². The molecule has 0 radical (unpaired) electrons. The zero-order chi connectivity index (χ0) is 14.7. The zero-order valence-corrected chi connectivity index (χ0v) is 13.3. The Balaban J connectivity index is 0. The van der Waals surface area contributed by atoms with Crippen LogP contribution in [0.15, 0.2) is 28.7 Å². The van der Waals surface area contributed by atoms with Gasteiger partial charge in [0.25, 0.3) is 0 Å². The molecule has 5 nitrogen and oxygen atoms in total. The van der Waals surface area contributed by atoms with E-state index in [-0.39, 0.29) is 31.2 Å². The van der Waals surface area contributed by atoms with Crippen LogP contribution >= 0.6 is 28.3 Å². The first-order valence-corrected chi connectivity index (χ1v) is 6.22. The summed E-state index contributed by atoms with van der Waals surface area (Å²) in [6, 6.07) is 7.66. The number of ether oxygens (including phenoxy) is 1. The van der Waals surface area contributed by atoms with E-state index in [9.17, 15) is 14.0 Å². The number of hydrazine groups is 1. The van der Waals surface area contributed by atoms with Crippen molar-refractivity contribution in [3.05, 3.63) is 28.7 Å². The summed E-state index contributed by atoms with van der Waals surface area (Å²) in [5.74, 6) is 4.21. The van der Waals surface area contributed by atoms with Gasteiger partial charge in [-0.05, 0) is 25.1 Å². The molecule has 0 fully saturated rings. The third kappa shape index (κ3) is 11.9. The van der Waals surface area contributed by atoms with Crippen LogP contribution in [0.2, 0.25) is 0 Å². The lowest BCUT2D eigenvalue weighted by Gasteiger charge is -1.97. The maximum Gasteiger partial charge on any atom is 0.313 e. The maximum atomic E-state index is 11.3. The smallest absolute Gasteiger partial charge is 0.313 e. The maximum absolute atomic E-state index is 11.3. The van der Waals surface area contributed by atoms with Crippen molar-refractivity contribution in [3.8, 4) is 0 Å². The summed E-state index contributed by atoms with van der Waals surface area (Å²) in [5, 5.41) is 0. The molecule has 0 atom stereocenters. The molecule has 0 aliphatic rings. The van der Waals surface area contributed by atoms with E-state index < -0.39 is 12.6 Å². The SMILES string of the molecule is CC(=O)CC(=O)OCCF.Cl.NNc1cccc(Br)c1. The molecule has 1 aromatic rings. The standard InChI is InChI=1S/C6H7BrN2.C6H9FO3.ClH/c7-5-2-1-3-6(4-5)9-8;1-5(8)4-6(9)10-3-2-7;/h1-4,9H,8H2;2-4H2,1H3;1H. The Morgan fingerprint density at radius 1 is 1.45 bits per heavy atom. The van der Waals surface area contributed by atoms with E-state index in [4.69, 9.17) is 5.84 Å². The lowest BCUT2D eigenvalue weighted by Crippen LogP contribution is -2.10. The van der Waals surface area contributed by atoms with Crippen molar-refractivity contribution < 1.29 is 18.7 Å². The number of esters is 1. The molecule has 0 aromatic heterocycles. The van der Waals surface area contributed by atoms with Crippen molar-refractivity contribution in [2.75, 3.05) is 18.7 Å². The van der Waals surface area contributed by atoms with Gasteiger partial charge >= 0.3 is 5.97 Å². The van der Waals surface area contributed by atoms with Gasteiger partial charge in [-0.2, -0.15) is 0 Å². The Bertz CT molecular complexity index is 421. The summed E-state index contributed by atoms with van der Waals surface area (Å²) in [4.78, 5) is 20.6. The number of ketones is 1. The number of carbonyl (C=O) groups excluding carboxylic acids is 2. The monoisotopic (exact) mass is 370 g/mol. The third-order valence-corrected chi connectivity index (χ3v) is 2.22. The van der Waals surface area contributed by atoms with Gasteiger partial charge in [0.2, 0.25) is 0 Å². The average molecular weight is 372 g/mol. The van der Waals surface area contributed by atoms with E-state index in [1.807, 2.05) is 24.3 Å². The highest BCUT2D eigenvalue weighted by atomic mass is 79.9. The van der Waals surface area contributed by atoms with Crippen LogP contribution in [0.1, 0.15) is 13.3 Å². The molecule has 8 heteroatoms. The lowest BCUT2D eigenvalue weighted by molar-refractivity contribution is -0.146. The molecule has 0 bridgehead atoms. The van der Waals surface area contributed by atoms with Gasteiger partial charge in [0.15, 0.2) is 0 Å². The predicted molar refractivity (Wildman–Crippen MR) is 81.4 cm³/mol. The highest BCUT2D eigenvalue weighted by Crippen LogP contribution is 2.13. The van der Waals surface area contributed by atoms with Gasteiger partial charge in [0.1, 0.15) is 25.5 Å². The van der Waals surface area contributed by atoms with E-state index in [0.717, 1.165) is 10.2 Å². The molecular weight excluding hydrogens is 354 g/mol. The number of rotatable bonds is 5. The van der Waals surface area contributed by atoms with Gasteiger partial charge < -0.3 is 10.2 Å². The lowest BCUT2D eigenvalue weighted by atomic mass is 10.3. The van der Waals surface area contributed by atoms with Crippen molar-refractivity contribution in [1.29, 1.82) is 0 Å². The molecule has 0 heterocycles. The largest absolute Gasteiger partial charge is 0.463 e. The van der Waals surface area contributed by atoms with E-state index in [0.29, 0.717) is 0 Å². The number of benzene rings is 1. The Morgan fingerprint density at radius 3 is 2.50 bits per heavy atom. The number of anilines is 1. The van der Waals surface area contributed by atoms with Crippen LogP contribution in [0.5, 0.6) is 0 Å². The summed E-state index contributed by atoms with van der Waals surface area (Å²) in [7, 11) is 0. The Kier molecular flexibility index (Phi) is 13.6. The molecule has 0 unspecified atom stereocenters. The number of hydrogen-bond donors (Lipinski definition) is 2. The molecule has 20 heavy (non-hydrogen) atoms. The van der Waals surface area contributed by atoms with E-state index in [1.54, 1.807) is 0 Å². The summed E-state index contributed by atoms with van der Waals surface area (Å²) >= 11 is 3.31. The normalized spacial score (nSPS) is 8.60. The van der Waals surface area contributed by atoms with Crippen molar-refractivity contribution in [2.45, 2.75) is 13.3 Å². The van der Waals surface area contributed by atoms with Crippen LogP contribution in [0.3, 0.4) is 0 Å². The zero-order valence-electron chi connectivity index (χ0n) is 10.9. The van der Waals surface area contributed by atoms with Gasteiger partial charge in [-0.3, -0.25) is 15.4 Å². The number of nitrogens with one attached hydrogen (secondary N) is 1. The number of alkyl halides is 1. The molecule has 0 amide bonds. The van der Waals surface area contributed by atoms with Gasteiger partial charge in [-0.15, -0.1) is 12.4 Å². The molecule has 1 aromatic carbocycles. The van der Waals surface area contributed by atoms with Crippen LogP contribution in [0.4, 0.5) is 10.1 Å². The Hall–Kier alpha value is -1.18. The highest BCUT2D eigenvalue weighted by molar-refractivity contribution is 9.10. The third-order valence-electron chi connectivity index (χ3n) is 1.72. The van der Waals surface area contributed by atoms with Gasteiger partial charge in [-0.25, -0.2) is 4.39 Å². The quantitative estimate of drug-likeness (QED) is 0.360. The predicted octanol–water partition coefficient (Wildman–Crippen LogP) is 2.63. The van der Waals surface area contributed by atoms with Gasteiger partial charge in [0.05, 0.1) is 0 Å². The number of hydrogen-bond acceptors (Lipinski definition) is 5. The second-order valence-electron chi connectivity index (χ2n) is 3.44. The number of Topliss-reactive ketones (excluding diaryl/α,β-unsaturated/α-hetero) is 1. The Morgan fingerprint density at radius 2 is 2.10 bits per heavy atom. The summed E-state index contributed by atoms with van der Waals surface area (Å²) < 4.78 is 16.6. The fraction of sp³-hybridized carbons (Fsp3) is 0.333. The topological polar surface area (TPSA) is 81.4 Å². The first kappa shape index (κ1) is 21.1. The second-order valence-corrected chi connectivity index (χ2v) is 4.36. The fourth-order valence-electron chi connectivity index (χ4n) is 0.985. The van der Waals surface area contributed by atoms with Crippen LogP contribution in [0.25, 0.3) is 0 Å². The first-order valence-electron chi connectivity index (χ1n) is 5.42. The summed E-state index contributed by atoms with van der Waals surface area (Å²) in [5.41, 5.74) is 3.44. The van der Waals surface area contributed by atoms with E-state index in [1.165, 1.54) is 6.92 Å². The molecule has 3 N–H and O–H groups in total. The summed E-state index contributed by atoms with van der Waals surface area (Å²) in [6.45, 7) is 0.312. The fourth-order valence-corrected chi connectivity index (χ4v) is 1.38. The van der Waals surface area contributed by atoms with Crippen molar-refractivity contribution >= 4 is 45.8 Å². The molecule has 0 aliphatic heterocycles. The molecule has 114 valence electrons.